The number of carbonyl (C=O) groups excluding carboxylic acids is 2. The number of nitrogens with zero attached hydrogens (tertiary/aromatic N) is 2. The smallest absolute Gasteiger partial charge is 0.338 e. The zero-order valence-corrected chi connectivity index (χ0v) is 19.0. The Morgan fingerprint density at radius 2 is 1.91 bits per heavy atom. The number of hydrogen-bond acceptors (Lipinski definition) is 7. The molecular weight excluding hydrogens is 466 g/mol. The van der Waals surface area contributed by atoms with Crippen molar-refractivity contribution in [2.24, 2.45) is 0 Å². The molecule has 0 radical (unpaired) electrons. The topological polar surface area (TPSA) is 99.0 Å². The Labute approximate surface area is 197 Å². The zero-order valence-electron chi connectivity index (χ0n) is 17.4. The van der Waals surface area contributed by atoms with Crippen molar-refractivity contribution in [2.45, 2.75) is 13.5 Å². The standard InChI is InChI=1S/C23H18ClN3O5S/c1-14-11-27-21(29)10-17(26-23(27)33-14)12-32-22(30)15-6-8-16(9-7-15)25-20(28)13-31-19-5-3-2-4-18(19)24/h2-11H,12-13H2,1H3,(H,25,28). The first-order valence-electron chi connectivity index (χ1n) is 9.82. The molecule has 4 rings (SSSR count). The molecular formula is C23H18ClN3O5S. The molecule has 0 bridgehead atoms. The highest BCUT2D eigenvalue weighted by Crippen LogP contribution is 2.23. The van der Waals surface area contributed by atoms with Crippen molar-refractivity contribution in [1.29, 1.82) is 0 Å². The van der Waals surface area contributed by atoms with E-state index in [4.69, 9.17) is 21.1 Å². The fourth-order valence-corrected chi connectivity index (χ4v) is 3.99. The number of amides is 1. The fraction of sp³-hybridized carbons (Fsp3) is 0.130. The van der Waals surface area contributed by atoms with Crippen LogP contribution in [0.5, 0.6) is 5.75 Å². The van der Waals surface area contributed by atoms with E-state index in [0.29, 0.717) is 32.7 Å². The minimum atomic E-state index is -0.570. The lowest BCUT2D eigenvalue weighted by Gasteiger charge is -2.09. The Kier molecular flexibility index (Phi) is 6.71. The summed E-state index contributed by atoms with van der Waals surface area (Å²) in [5, 5.41) is 3.09. The molecule has 0 unspecified atom stereocenters. The number of para-hydroxylation sites is 1. The highest BCUT2D eigenvalue weighted by Gasteiger charge is 2.11. The van der Waals surface area contributed by atoms with Gasteiger partial charge in [0.2, 0.25) is 0 Å². The highest BCUT2D eigenvalue weighted by molar-refractivity contribution is 7.16. The summed E-state index contributed by atoms with van der Waals surface area (Å²) in [5.41, 5.74) is 0.934. The van der Waals surface area contributed by atoms with Gasteiger partial charge in [-0.2, -0.15) is 0 Å². The van der Waals surface area contributed by atoms with Crippen LogP contribution in [-0.4, -0.2) is 27.9 Å². The lowest BCUT2D eigenvalue weighted by atomic mass is 10.2. The largest absolute Gasteiger partial charge is 0.482 e. The molecule has 0 spiro atoms. The van der Waals surface area contributed by atoms with Gasteiger partial charge in [-0.05, 0) is 43.3 Å². The molecule has 0 saturated heterocycles. The van der Waals surface area contributed by atoms with E-state index >= 15 is 0 Å². The number of thiazole rings is 1. The predicted molar refractivity (Wildman–Crippen MR) is 125 cm³/mol. The van der Waals surface area contributed by atoms with E-state index in [1.54, 1.807) is 42.6 Å². The number of carbonyl (C=O) groups is 2. The summed E-state index contributed by atoms with van der Waals surface area (Å²) in [5.74, 6) is -0.529. The van der Waals surface area contributed by atoms with Crippen LogP contribution < -0.4 is 15.6 Å². The van der Waals surface area contributed by atoms with Crippen LogP contribution in [0.25, 0.3) is 4.96 Å². The molecule has 0 fully saturated rings. The van der Waals surface area contributed by atoms with E-state index in [1.807, 2.05) is 6.92 Å². The summed E-state index contributed by atoms with van der Waals surface area (Å²) < 4.78 is 12.1. The van der Waals surface area contributed by atoms with Crippen molar-refractivity contribution < 1.29 is 19.1 Å². The molecule has 8 nitrogen and oxygen atoms in total. The minimum absolute atomic E-state index is 0.126. The summed E-state index contributed by atoms with van der Waals surface area (Å²) in [6.45, 7) is 1.55. The second-order valence-corrected chi connectivity index (χ2v) is 8.62. The van der Waals surface area contributed by atoms with Crippen molar-refractivity contribution in [3.63, 3.8) is 0 Å². The molecule has 0 aliphatic rings. The Balaban J connectivity index is 1.31. The zero-order chi connectivity index (χ0) is 23.4. The Hall–Kier alpha value is -3.69. The molecule has 2 aromatic heterocycles. The van der Waals surface area contributed by atoms with Crippen molar-refractivity contribution in [3.8, 4) is 5.75 Å². The number of aryl methyl sites for hydroxylation is 1. The summed E-state index contributed by atoms with van der Waals surface area (Å²) in [6, 6.07) is 14.4. The van der Waals surface area contributed by atoms with E-state index in [-0.39, 0.29) is 24.7 Å². The number of esters is 1. The van der Waals surface area contributed by atoms with Gasteiger partial charge in [0.05, 0.1) is 16.3 Å². The van der Waals surface area contributed by atoms with Crippen LogP contribution in [0.3, 0.4) is 0 Å². The van der Waals surface area contributed by atoms with Gasteiger partial charge in [0.15, 0.2) is 11.6 Å². The first-order valence-corrected chi connectivity index (χ1v) is 11.0. The van der Waals surface area contributed by atoms with Gasteiger partial charge in [-0.25, -0.2) is 9.78 Å². The van der Waals surface area contributed by atoms with Gasteiger partial charge in [-0.15, -0.1) is 11.3 Å². The van der Waals surface area contributed by atoms with Crippen LogP contribution in [0.1, 0.15) is 20.9 Å². The van der Waals surface area contributed by atoms with Gasteiger partial charge >= 0.3 is 5.97 Å². The third kappa shape index (κ3) is 5.57. The quantitative estimate of drug-likeness (QED) is 0.397. The lowest BCUT2D eigenvalue weighted by molar-refractivity contribution is -0.118. The Morgan fingerprint density at radius 3 is 2.67 bits per heavy atom. The molecule has 0 atom stereocenters. The highest BCUT2D eigenvalue weighted by atomic mass is 35.5. The van der Waals surface area contributed by atoms with Crippen molar-refractivity contribution in [2.75, 3.05) is 11.9 Å². The van der Waals surface area contributed by atoms with Gasteiger partial charge in [-0.1, -0.05) is 23.7 Å². The SMILES string of the molecule is Cc1cn2c(=O)cc(COC(=O)c3ccc(NC(=O)COc4ccccc4Cl)cc3)nc2s1. The van der Waals surface area contributed by atoms with Crippen LogP contribution in [-0.2, 0) is 16.1 Å². The monoisotopic (exact) mass is 483 g/mol. The van der Waals surface area contributed by atoms with Crippen LogP contribution in [0.2, 0.25) is 5.02 Å². The number of nitrogens with one attached hydrogen (secondary N) is 1. The third-order valence-corrected chi connectivity index (χ3v) is 5.70. The molecule has 10 heteroatoms. The molecule has 0 aliphatic heterocycles. The fourth-order valence-electron chi connectivity index (χ4n) is 2.95. The maximum Gasteiger partial charge on any atom is 0.338 e. The van der Waals surface area contributed by atoms with Gasteiger partial charge in [-0.3, -0.25) is 14.0 Å². The van der Waals surface area contributed by atoms with E-state index in [1.165, 1.54) is 33.9 Å². The summed E-state index contributed by atoms with van der Waals surface area (Å²) in [7, 11) is 0. The van der Waals surface area contributed by atoms with Crippen molar-refractivity contribution in [3.05, 3.63) is 92.3 Å². The number of rotatable bonds is 7. The molecule has 1 amide bonds. The molecule has 0 aliphatic carbocycles. The average molecular weight is 484 g/mol. The Bertz CT molecular complexity index is 1380. The normalized spacial score (nSPS) is 10.7. The summed E-state index contributed by atoms with van der Waals surface area (Å²) in [4.78, 5) is 42.4. The van der Waals surface area contributed by atoms with Gasteiger partial charge in [0.25, 0.3) is 11.5 Å². The summed E-state index contributed by atoms with van der Waals surface area (Å²) in [6.07, 6.45) is 1.72. The van der Waals surface area contributed by atoms with E-state index in [9.17, 15) is 14.4 Å². The van der Waals surface area contributed by atoms with Crippen LogP contribution in [0.4, 0.5) is 5.69 Å². The number of halogens is 1. The van der Waals surface area contributed by atoms with Crippen LogP contribution >= 0.6 is 22.9 Å². The Morgan fingerprint density at radius 1 is 1.15 bits per heavy atom. The molecule has 168 valence electrons. The second-order valence-electron chi connectivity index (χ2n) is 7.00. The molecule has 1 N–H and O–H groups in total. The van der Waals surface area contributed by atoms with Crippen molar-refractivity contribution >= 4 is 45.5 Å². The maximum absolute atomic E-state index is 12.3. The first-order chi connectivity index (χ1) is 15.9. The lowest BCUT2D eigenvalue weighted by Crippen LogP contribution is -2.20. The van der Waals surface area contributed by atoms with Crippen molar-refractivity contribution in [1.82, 2.24) is 9.38 Å². The molecule has 2 aromatic carbocycles. The van der Waals surface area contributed by atoms with Crippen LogP contribution in [0, 0.1) is 6.92 Å². The number of fused-ring (bicyclic) bond motifs is 1. The number of aromatic nitrogens is 2. The van der Waals surface area contributed by atoms with Gasteiger partial charge in [0, 0.05) is 22.8 Å². The number of anilines is 1. The second kappa shape index (κ2) is 9.85. The van der Waals surface area contributed by atoms with E-state index < -0.39 is 5.97 Å². The van der Waals surface area contributed by atoms with E-state index in [2.05, 4.69) is 10.3 Å². The average Bonchev–Trinajstić information content (AvgIpc) is 3.18. The molecule has 33 heavy (non-hydrogen) atoms. The summed E-state index contributed by atoms with van der Waals surface area (Å²) >= 11 is 7.38. The maximum atomic E-state index is 12.3. The molecule has 4 aromatic rings. The number of benzene rings is 2. The van der Waals surface area contributed by atoms with Gasteiger partial charge < -0.3 is 14.8 Å². The first kappa shape index (κ1) is 22.5. The molecule has 2 heterocycles. The number of hydrogen-bond donors (Lipinski definition) is 1. The van der Waals surface area contributed by atoms with E-state index in [0.717, 1.165) is 4.88 Å². The predicted octanol–water partition coefficient (Wildman–Crippen LogP) is 4.09. The van der Waals surface area contributed by atoms with Gasteiger partial charge in [0.1, 0.15) is 12.4 Å². The number of ether oxygens (including phenoxy) is 2. The third-order valence-electron chi connectivity index (χ3n) is 4.49. The van der Waals surface area contributed by atoms with Crippen LogP contribution in [0.15, 0.2) is 65.6 Å². The minimum Gasteiger partial charge on any atom is -0.482 e. The molecule has 0 saturated carbocycles.